The third-order valence-corrected chi connectivity index (χ3v) is 4.62. The highest BCUT2D eigenvalue weighted by Crippen LogP contribution is 2.19. The number of carbonyl (C=O) groups excluding carboxylic acids is 2. The van der Waals surface area contributed by atoms with Crippen molar-refractivity contribution in [1.82, 2.24) is 10.6 Å². The summed E-state index contributed by atoms with van der Waals surface area (Å²) in [6.45, 7) is 5.80. The number of carbonyl (C=O) groups is 2. The molecule has 1 heterocycles. The van der Waals surface area contributed by atoms with Crippen LogP contribution in [0.15, 0.2) is 60.7 Å². The number of nitrogens with one attached hydrogen (secondary N) is 2. The molecule has 0 spiro atoms. The lowest BCUT2D eigenvalue weighted by Gasteiger charge is -2.26. The van der Waals surface area contributed by atoms with Gasteiger partial charge < -0.3 is 29.6 Å². The first-order chi connectivity index (χ1) is 15.3. The summed E-state index contributed by atoms with van der Waals surface area (Å²) in [4.78, 5) is 24.3. The number of cyclic esters (lactones) is 1. The van der Waals surface area contributed by atoms with Crippen molar-refractivity contribution in [3.63, 3.8) is 0 Å². The summed E-state index contributed by atoms with van der Waals surface area (Å²) in [5.74, 6) is 1.37. The van der Waals surface area contributed by atoms with E-state index in [-0.39, 0.29) is 19.3 Å². The highest BCUT2D eigenvalue weighted by molar-refractivity contribution is 5.70. The molecule has 0 saturated carbocycles. The molecule has 2 N–H and O–H groups in total. The summed E-state index contributed by atoms with van der Waals surface area (Å²) in [5, 5.41) is 5.61. The molecule has 0 radical (unpaired) electrons. The van der Waals surface area contributed by atoms with E-state index in [0.717, 1.165) is 0 Å². The van der Waals surface area contributed by atoms with E-state index in [4.69, 9.17) is 18.9 Å². The molecule has 8 nitrogen and oxygen atoms in total. The maximum atomic E-state index is 12.4. The monoisotopic (exact) mass is 442 g/mol. The fraction of sp³-hybridized carbons (Fsp3) is 0.417. The molecule has 3 atom stereocenters. The van der Waals surface area contributed by atoms with Crippen LogP contribution in [0.3, 0.4) is 0 Å². The van der Waals surface area contributed by atoms with Crippen LogP contribution in [0.2, 0.25) is 0 Å². The fourth-order valence-electron chi connectivity index (χ4n) is 3.20. The molecule has 2 aromatic carbocycles. The largest absolute Gasteiger partial charge is 0.491 e. The molecule has 0 unspecified atom stereocenters. The Hall–Kier alpha value is -3.42. The topological polar surface area (TPSA) is 95.1 Å². The summed E-state index contributed by atoms with van der Waals surface area (Å²) < 4.78 is 22.5. The van der Waals surface area contributed by atoms with Crippen LogP contribution in [0, 0.1) is 0 Å². The van der Waals surface area contributed by atoms with Crippen LogP contribution >= 0.6 is 0 Å². The maximum Gasteiger partial charge on any atom is 0.407 e. The Bertz CT molecular complexity index is 869. The molecular formula is C24H30N2O6. The van der Waals surface area contributed by atoms with Gasteiger partial charge in [0.25, 0.3) is 0 Å². The minimum absolute atomic E-state index is 0.184. The molecule has 2 aromatic rings. The van der Waals surface area contributed by atoms with Crippen molar-refractivity contribution < 1.29 is 28.5 Å². The molecule has 172 valence electrons. The Morgan fingerprint density at radius 3 is 2.22 bits per heavy atom. The second-order valence-electron chi connectivity index (χ2n) is 8.52. The van der Waals surface area contributed by atoms with Crippen molar-refractivity contribution in [3.8, 4) is 11.5 Å². The fourth-order valence-corrected chi connectivity index (χ4v) is 3.20. The van der Waals surface area contributed by atoms with Crippen molar-refractivity contribution in [2.75, 3.05) is 13.2 Å². The smallest absolute Gasteiger partial charge is 0.407 e. The molecule has 3 rings (SSSR count). The zero-order valence-corrected chi connectivity index (χ0v) is 18.6. The SMILES string of the molecule is CC(C)(C)OC(=O)N[C@@H](COc1ccccc1)C[C@@H]1OC(=O)N[C@H]1COc1ccccc1. The van der Waals surface area contributed by atoms with E-state index < -0.39 is 29.9 Å². The summed E-state index contributed by atoms with van der Waals surface area (Å²) in [6, 6.07) is 17.8. The van der Waals surface area contributed by atoms with Crippen molar-refractivity contribution in [2.45, 2.75) is 51.0 Å². The minimum atomic E-state index is -0.637. The molecule has 1 saturated heterocycles. The average Bonchev–Trinajstić information content (AvgIpc) is 3.09. The number of ether oxygens (including phenoxy) is 4. The maximum absolute atomic E-state index is 12.4. The molecule has 1 aliphatic rings. The molecule has 2 amide bonds. The zero-order valence-electron chi connectivity index (χ0n) is 18.6. The summed E-state index contributed by atoms with van der Waals surface area (Å²) in [7, 11) is 0. The second-order valence-corrected chi connectivity index (χ2v) is 8.52. The molecule has 1 aliphatic heterocycles. The Balaban J connectivity index is 1.63. The van der Waals surface area contributed by atoms with Gasteiger partial charge in [0.15, 0.2) is 0 Å². The zero-order chi connectivity index (χ0) is 23.0. The third kappa shape index (κ3) is 7.68. The molecule has 0 aliphatic carbocycles. The number of hydrogen-bond donors (Lipinski definition) is 2. The van der Waals surface area contributed by atoms with Crippen LogP contribution in [0.1, 0.15) is 27.2 Å². The predicted molar refractivity (Wildman–Crippen MR) is 119 cm³/mol. The second kappa shape index (κ2) is 10.7. The van der Waals surface area contributed by atoms with Gasteiger partial charge in [0, 0.05) is 6.42 Å². The summed E-state index contributed by atoms with van der Waals surface area (Å²) in [6.07, 6.45) is -1.26. The van der Waals surface area contributed by atoms with E-state index in [9.17, 15) is 9.59 Å². The highest BCUT2D eigenvalue weighted by Gasteiger charge is 2.37. The van der Waals surface area contributed by atoms with Crippen molar-refractivity contribution in [3.05, 3.63) is 60.7 Å². The normalized spacial score (nSPS) is 18.8. The van der Waals surface area contributed by atoms with Gasteiger partial charge in [-0.3, -0.25) is 0 Å². The standard InChI is InChI=1S/C24H30N2O6/c1-24(2,3)32-23(28)25-17(15-29-18-10-6-4-7-11-18)14-21-20(26-22(27)31-21)16-30-19-12-8-5-9-13-19/h4-13,17,20-21H,14-16H2,1-3H3,(H,25,28)(H,26,27)/t17-,20+,21+/m1/s1. The lowest BCUT2D eigenvalue weighted by atomic mass is 10.0. The van der Waals surface area contributed by atoms with Gasteiger partial charge >= 0.3 is 12.2 Å². The molecular weight excluding hydrogens is 412 g/mol. The van der Waals surface area contributed by atoms with Crippen LogP contribution in [-0.2, 0) is 9.47 Å². The lowest BCUT2D eigenvalue weighted by molar-refractivity contribution is 0.0452. The first-order valence-corrected chi connectivity index (χ1v) is 10.6. The molecule has 0 bridgehead atoms. The predicted octanol–water partition coefficient (Wildman–Crippen LogP) is 3.90. The van der Waals surface area contributed by atoms with Gasteiger partial charge in [0.1, 0.15) is 42.5 Å². The number of para-hydroxylation sites is 2. The van der Waals surface area contributed by atoms with Crippen molar-refractivity contribution in [2.24, 2.45) is 0 Å². The van der Waals surface area contributed by atoms with Gasteiger partial charge in [-0.15, -0.1) is 0 Å². The third-order valence-electron chi connectivity index (χ3n) is 4.62. The van der Waals surface area contributed by atoms with Crippen LogP contribution < -0.4 is 20.1 Å². The van der Waals surface area contributed by atoms with E-state index in [1.807, 2.05) is 60.7 Å². The van der Waals surface area contributed by atoms with E-state index >= 15 is 0 Å². The Morgan fingerprint density at radius 2 is 1.62 bits per heavy atom. The Morgan fingerprint density at radius 1 is 1.03 bits per heavy atom. The molecule has 32 heavy (non-hydrogen) atoms. The van der Waals surface area contributed by atoms with E-state index in [2.05, 4.69) is 10.6 Å². The average molecular weight is 443 g/mol. The molecule has 1 fully saturated rings. The van der Waals surface area contributed by atoms with Crippen LogP contribution in [-0.4, -0.2) is 49.2 Å². The lowest BCUT2D eigenvalue weighted by Crippen LogP contribution is -2.46. The van der Waals surface area contributed by atoms with Gasteiger partial charge in [0.05, 0.1) is 6.04 Å². The van der Waals surface area contributed by atoms with Crippen LogP contribution in [0.25, 0.3) is 0 Å². The number of benzene rings is 2. The highest BCUT2D eigenvalue weighted by atomic mass is 16.6. The number of amides is 2. The summed E-state index contributed by atoms with van der Waals surface area (Å²) in [5.41, 5.74) is -0.637. The molecule has 0 aromatic heterocycles. The number of rotatable bonds is 9. The number of alkyl carbamates (subject to hydrolysis) is 2. The van der Waals surface area contributed by atoms with E-state index in [0.29, 0.717) is 17.9 Å². The van der Waals surface area contributed by atoms with Gasteiger partial charge in [-0.2, -0.15) is 0 Å². The summed E-state index contributed by atoms with van der Waals surface area (Å²) >= 11 is 0. The van der Waals surface area contributed by atoms with Crippen molar-refractivity contribution >= 4 is 12.2 Å². The van der Waals surface area contributed by atoms with Crippen molar-refractivity contribution in [1.29, 1.82) is 0 Å². The first-order valence-electron chi connectivity index (χ1n) is 10.6. The molecule has 8 heteroatoms. The first kappa shape index (κ1) is 23.2. The van der Waals surface area contributed by atoms with E-state index in [1.165, 1.54) is 0 Å². The van der Waals surface area contributed by atoms with Gasteiger partial charge in [-0.25, -0.2) is 9.59 Å². The van der Waals surface area contributed by atoms with Crippen LogP contribution in [0.4, 0.5) is 9.59 Å². The van der Waals surface area contributed by atoms with Crippen LogP contribution in [0.5, 0.6) is 11.5 Å². The number of hydrogen-bond acceptors (Lipinski definition) is 6. The Kier molecular flexibility index (Phi) is 7.81. The van der Waals surface area contributed by atoms with Gasteiger partial charge in [-0.05, 0) is 45.0 Å². The van der Waals surface area contributed by atoms with Gasteiger partial charge in [-0.1, -0.05) is 36.4 Å². The van der Waals surface area contributed by atoms with Gasteiger partial charge in [0.2, 0.25) is 0 Å². The Labute approximate surface area is 188 Å². The van der Waals surface area contributed by atoms with E-state index in [1.54, 1.807) is 20.8 Å². The minimum Gasteiger partial charge on any atom is -0.491 e. The quantitative estimate of drug-likeness (QED) is 0.612.